The van der Waals surface area contributed by atoms with E-state index in [-0.39, 0.29) is 17.2 Å². The fraction of sp³-hybridized carbons (Fsp3) is 0.357. The predicted octanol–water partition coefficient (Wildman–Crippen LogP) is 1.34. The zero-order valence-corrected chi connectivity index (χ0v) is 11.7. The topological polar surface area (TPSA) is 73.2 Å². The SMILES string of the molecule is CONC(=O)c1nn(CC(C)C)c(=O)c2ccccc12. The van der Waals surface area contributed by atoms with Gasteiger partial charge < -0.3 is 0 Å². The van der Waals surface area contributed by atoms with E-state index in [1.807, 2.05) is 13.8 Å². The number of benzene rings is 1. The van der Waals surface area contributed by atoms with E-state index in [4.69, 9.17) is 0 Å². The number of aromatic nitrogens is 2. The monoisotopic (exact) mass is 275 g/mol. The first kappa shape index (κ1) is 14.2. The van der Waals surface area contributed by atoms with Crippen LogP contribution in [0, 0.1) is 5.92 Å². The van der Waals surface area contributed by atoms with Crippen molar-refractivity contribution in [1.29, 1.82) is 0 Å². The summed E-state index contributed by atoms with van der Waals surface area (Å²) in [4.78, 5) is 29.0. The number of fused-ring (bicyclic) bond motifs is 1. The molecule has 0 fully saturated rings. The lowest BCUT2D eigenvalue weighted by Crippen LogP contribution is -2.31. The largest absolute Gasteiger partial charge is 0.295 e. The van der Waals surface area contributed by atoms with Crippen molar-refractivity contribution in [2.45, 2.75) is 20.4 Å². The van der Waals surface area contributed by atoms with Crippen molar-refractivity contribution in [3.63, 3.8) is 0 Å². The summed E-state index contributed by atoms with van der Waals surface area (Å²) in [7, 11) is 1.35. The summed E-state index contributed by atoms with van der Waals surface area (Å²) in [5.74, 6) is -0.221. The summed E-state index contributed by atoms with van der Waals surface area (Å²) in [6.07, 6.45) is 0. The first-order chi connectivity index (χ1) is 9.54. The molecule has 0 spiro atoms. The average Bonchev–Trinajstić information content (AvgIpc) is 2.42. The Morgan fingerprint density at radius 2 is 2.00 bits per heavy atom. The number of hydroxylamine groups is 1. The van der Waals surface area contributed by atoms with E-state index in [0.717, 1.165) is 0 Å². The molecule has 0 atom stereocenters. The molecule has 6 nitrogen and oxygen atoms in total. The van der Waals surface area contributed by atoms with Crippen LogP contribution in [0.1, 0.15) is 24.3 Å². The van der Waals surface area contributed by atoms with E-state index < -0.39 is 5.91 Å². The van der Waals surface area contributed by atoms with E-state index in [1.54, 1.807) is 24.3 Å². The lowest BCUT2D eigenvalue weighted by atomic mass is 10.1. The molecule has 0 radical (unpaired) electrons. The second-order valence-electron chi connectivity index (χ2n) is 4.91. The van der Waals surface area contributed by atoms with Crippen LogP contribution in [0.15, 0.2) is 29.1 Å². The molecular weight excluding hydrogens is 258 g/mol. The van der Waals surface area contributed by atoms with Crippen LogP contribution in [-0.2, 0) is 11.4 Å². The highest BCUT2D eigenvalue weighted by Crippen LogP contribution is 2.13. The molecule has 6 heteroatoms. The fourth-order valence-corrected chi connectivity index (χ4v) is 2.01. The summed E-state index contributed by atoms with van der Waals surface area (Å²) < 4.78 is 1.33. The van der Waals surface area contributed by atoms with Crippen LogP contribution in [0.3, 0.4) is 0 Å². The van der Waals surface area contributed by atoms with Gasteiger partial charge in [-0.15, -0.1) is 0 Å². The van der Waals surface area contributed by atoms with E-state index >= 15 is 0 Å². The highest BCUT2D eigenvalue weighted by molar-refractivity contribution is 6.04. The summed E-state index contributed by atoms with van der Waals surface area (Å²) in [5, 5.41) is 5.17. The molecule has 0 aliphatic rings. The molecule has 0 saturated heterocycles. The van der Waals surface area contributed by atoms with Crippen molar-refractivity contribution >= 4 is 16.7 Å². The first-order valence-corrected chi connectivity index (χ1v) is 6.37. The minimum atomic E-state index is -0.471. The van der Waals surface area contributed by atoms with Crippen LogP contribution in [-0.4, -0.2) is 22.8 Å². The molecule has 1 N–H and O–H groups in total. The van der Waals surface area contributed by atoms with Crippen LogP contribution in [0.5, 0.6) is 0 Å². The van der Waals surface area contributed by atoms with Crippen molar-refractivity contribution in [1.82, 2.24) is 15.3 Å². The number of amides is 1. The molecule has 1 amide bonds. The van der Waals surface area contributed by atoms with E-state index in [1.165, 1.54) is 11.8 Å². The number of carbonyl (C=O) groups is 1. The van der Waals surface area contributed by atoms with Crippen molar-refractivity contribution in [2.75, 3.05) is 7.11 Å². The molecule has 2 rings (SSSR count). The standard InChI is InChI=1S/C14H17N3O3/c1-9(2)8-17-14(19)11-7-5-4-6-10(11)12(15-17)13(18)16-20-3/h4-7,9H,8H2,1-3H3,(H,16,18). The van der Waals surface area contributed by atoms with Gasteiger partial charge >= 0.3 is 0 Å². The Bertz CT molecular complexity index is 692. The van der Waals surface area contributed by atoms with Crippen LogP contribution >= 0.6 is 0 Å². The van der Waals surface area contributed by atoms with Gasteiger partial charge in [0, 0.05) is 11.9 Å². The summed E-state index contributed by atoms with van der Waals surface area (Å²) in [6, 6.07) is 6.93. The van der Waals surface area contributed by atoms with Crippen molar-refractivity contribution in [2.24, 2.45) is 5.92 Å². The van der Waals surface area contributed by atoms with Gasteiger partial charge in [0.1, 0.15) is 0 Å². The molecule has 0 aliphatic carbocycles. The van der Waals surface area contributed by atoms with Crippen molar-refractivity contribution in [3.8, 4) is 0 Å². The van der Waals surface area contributed by atoms with Gasteiger partial charge in [-0.2, -0.15) is 5.10 Å². The van der Waals surface area contributed by atoms with Crippen molar-refractivity contribution < 1.29 is 9.63 Å². The molecule has 1 aromatic carbocycles. The Hall–Kier alpha value is -2.21. The highest BCUT2D eigenvalue weighted by atomic mass is 16.6. The van der Waals surface area contributed by atoms with Crippen LogP contribution < -0.4 is 11.0 Å². The second kappa shape index (κ2) is 5.83. The Morgan fingerprint density at radius 1 is 1.35 bits per heavy atom. The van der Waals surface area contributed by atoms with Gasteiger partial charge in [0.15, 0.2) is 5.69 Å². The number of hydrogen-bond donors (Lipinski definition) is 1. The Morgan fingerprint density at radius 3 is 2.60 bits per heavy atom. The smallest absolute Gasteiger partial charge is 0.277 e. The van der Waals surface area contributed by atoms with E-state index in [9.17, 15) is 9.59 Å². The average molecular weight is 275 g/mol. The van der Waals surface area contributed by atoms with Gasteiger partial charge in [-0.05, 0) is 12.0 Å². The maximum Gasteiger partial charge on any atom is 0.295 e. The third kappa shape index (κ3) is 2.70. The Kier molecular flexibility index (Phi) is 4.14. The van der Waals surface area contributed by atoms with Gasteiger partial charge in [0.05, 0.1) is 12.5 Å². The Balaban J connectivity index is 2.69. The number of nitrogens with zero attached hydrogens (tertiary/aromatic N) is 2. The minimum absolute atomic E-state index is 0.183. The number of hydrogen-bond acceptors (Lipinski definition) is 4. The third-order valence-electron chi connectivity index (χ3n) is 2.82. The molecule has 0 saturated carbocycles. The van der Waals surface area contributed by atoms with Gasteiger partial charge in [-0.1, -0.05) is 32.0 Å². The predicted molar refractivity (Wildman–Crippen MR) is 75.3 cm³/mol. The lowest BCUT2D eigenvalue weighted by molar-refractivity contribution is 0.0532. The van der Waals surface area contributed by atoms with Gasteiger partial charge in [0.2, 0.25) is 0 Å². The molecule has 1 heterocycles. The quantitative estimate of drug-likeness (QED) is 0.855. The van der Waals surface area contributed by atoms with Crippen molar-refractivity contribution in [3.05, 3.63) is 40.3 Å². The summed E-state index contributed by atoms with van der Waals surface area (Å²) >= 11 is 0. The van der Waals surface area contributed by atoms with E-state index in [2.05, 4.69) is 15.4 Å². The molecule has 2 aromatic rings. The van der Waals surface area contributed by atoms with Crippen LogP contribution in [0.25, 0.3) is 10.8 Å². The molecule has 1 aromatic heterocycles. The van der Waals surface area contributed by atoms with Gasteiger partial charge in [0.25, 0.3) is 11.5 Å². The maximum atomic E-state index is 12.3. The van der Waals surface area contributed by atoms with Crippen LogP contribution in [0.2, 0.25) is 0 Å². The molecule has 106 valence electrons. The molecule has 0 bridgehead atoms. The first-order valence-electron chi connectivity index (χ1n) is 6.37. The number of carbonyl (C=O) groups excluding carboxylic acids is 1. The molecule has 0 aliphatic heterocycles. The number of nitrogens with one attached hydrogen (secondary N) is 1. The van der Waals surface area contributed by atoms with E-state index in [0.29, 0.717) is 17.3 Å². The van der Waals surface area contributed by atoms with Gasteiger partial charge in [-0.25, -0.2) is 10.2 Å². The normalized spacial score (nSPS) is 11.0. The zero-order valence-electron chi connectivity index (χ0n) is 11.7. The van der Waals surface area contributed by atoms with Crippen LogP contribution in [0.4, 0.5) is 0 Å². The zero-order chi connectivity index (χ0) is 14.7. The van der Waals surface area contributed by atoms with Gasteiger partial charge in [-0.3, -0.25) is 14.4 Å². The lowest BCUT2D eigenvalue weighted by Gasteiger charge is -2.12. The third-order valence-corrected chi connectivity index (χ3v) is 2.82. The summed E-state index contributed by atoms with van der Waals surface area (Å²) in [6.45, 7) is 4.42. The molecule has 20 heavy (non-hydrogen) atoms. The number of rotatable bonds is 4. The Labute approximate surface area is 116 Å². The molecule has 0 unspecified atom stereocenters. The molecular formula is C14H17N3O3. The fourth-order valence-electron chi connectivity index (χ4n) is 2.01. The second-order valence-corrected chi connectivity index (χ2v) is 4.91. The minimum Gasteiger partial charge on any atom is -0.277 e. The highest BCUT2D eigenvalue weighted by Gasteiger charge is 2.16. The maximum absolute atomic E-state index is 12.3. The summed E-state index contributed by atoms with van der Waals surface area (Å²) in [5.41, 5.74) is 2.23.